The number of hydrogen-bond donors (Lipinski definition) is 5. The largest absolute Gasteiger partial charge is 0.339 e. The summed E-state index contributed by atoms with van der Waals surface area (Å²) in [5, 5.41) is 11.0. The summed E-state index contributed by atoms with van der Waals surface area (Å²) < 4.78 is 25.1. The summed E-state index contributed by atoms with van der Waals surface area (Å²) in [7, 11) is -3.38. The van der Waals surface area contributed by atoms with Crippen LogP contribution in [0.2, 0.25) is 0 Å². The van der Waals surface area contributed by atoms with Gasteiger partial charge in [-0.25, -0.2) is 13.9 Å². The van der Waals surface area contributed by atoms with Gasteiger partial charge in [0.25, 0.3) is 11.8 Å². The average molecular weight is 392 g/mol. The normalized spacial score (nSPS) is 12.1. The van der Waals surface area contributed by atoms with Crippen LogP contribution in [0.15, 0.2) is 48.5 Å². The molecule has 2 aromatic carbocycles. The number of carbonyl (C=O) groups excluding carboxylic acids is 2. The Labute approximate surface area is 156 Å². The number of amides is 2. The molecule has 2 rings (SSSR count). The second kappa shape index (κ2) is 8.62. The molecule has 6 N–H and O–H groups in total. The van der Waals surface area contributed by atoms with Gasteiger partial charge in [0.1, 0.15) is 6.04 Å². The minimum absolute atomic E-state index is 0.170. The maximum Gasteiger partial charge on any atom is 0.267 e. The van der Waals surface area contributed by atoms with E-state index in [0.717, 1.165) is 17.4 Å². The molecule has 0 heterocycles. The molecule has 0 saturated heterocycles. The van der Waals surface area contributed by atoms with E-state index in [1.165, 1.54) is 5.48 Å². The minimum Gasteiger partial charge on any atom is -0.339 e. The van der Waals surface area contributed by atoms with Crippen molar-refractivity contribution in [2.24, 2.45) is 5.73 Å². The number of sulfonamides is 1. The Morgan fingerprint density at radius 1 is 1.11 bits per heavy atom. The lowest BCUT2D eigenvalue weighted by atomic mass is 10.0. The summed E-state index contributed by atoms with van der Waals surface area (Å²) in [6.07, 6.45) is 1.07. The Morgan fingerprint density at radius 3 is 2.33 bits per heavy atom. The number of rotatable bonds is 7. The molecule has 9 nitrogen and oxygen atoms in total. The number of hydroxylamine groups is 1. The predicted octanol–water partition coefficient (Wildman–Crippen LogP) is 0.288. The maximum atomic E-state index is 12.2. The number of hydrogen-bond acceptors (Lipinski definition) is 6. The number of nitrogens with one attached hydrogen (secondary N) is 3. The van der Waals surface area contributed by atoms with Gasteiger partial charge in [0.2, 0.25) is 10.0 Å². The van der Waals surface area contributed by atoms with Gasteiger partial charge in [-0.3, -0.25) is 19.5 Å². The lowest BCUT2D eigenvalue weighted by Gasteiger charge is -2.14. The maximum absolute atomic E-state index is 12.2. The van der Waals surface area contributed by atoms with Gasteiger partial charge in [0.15, 0.2) is 0 Å². The number of nitrogens with two attached hydrogens (primary N) is 1. The first-order valence-electron chi connectivity index (χ1n) is 7.86. The third-order valence-electron chi connectivity index (χ3n) is 3.61. The van der Waals surface area contributed by atoms with Crippen LogP contribution < -0.4 is 21.3 Å². The van der Waals surface area contributed by atoms with Crippen molar-refractivity contribution in [3.05, 3.63) is 54.1 Å². The van der Waals surface area contributed by atoms with Crippen molar-refractivity contribution in [1.29, 1.82) is 0 Å². The summed E-state index contributed by atoms with van der Waals surface area (Å²) in [5.74, 6) is -1.33. The summed E-state index contributed by atoms with van der Waals surface area (Å²) >= 11 is 0. The zero-order valence-electron chi connectivity index (χ0n) is 14.5. The van der Waals surface area contributed by atoms with Gasteiger partial charge in [-0.15, -0.1) is 0 Å². The first-order valence-corrected chi connectivity index (χ1v) is 9.76. The van der Waals surface area contributed by atoms with Crippen LogP contribution in [-0.2, 0) is 14.8 Å². The third-order valence-corrected chi connectivity index (χ3v) is 4.22. The standard InChI is InChI=1S/C17H20N4O5S/c1-27(25,26)21-14-4-2-3-13(9-14)11-5-7-12(8-6-11)16(22)19-15(10-18)17(23)20-24/h2-9,15,21,24H,10,18H2,1H3,(H,19,22)(H,20,23)/t15-/m0/s1. The van der Waals surface area contributed by atoms with Crippen LogP contribution in [-0.4, -0.2) is 44.3 Å². The van der Waals surface area contributed by atoms with E-state index in [0.29, 0.717) is 11.3 Å². The summed E-state index contributed by atoms with van der Waals surface area (Å²) in [6.45, 7) is -0.170. The van der Waals surface area contributed by atoms with Crippen LogP contribution in [0.25, 0.3) is 11.1 Å². The van der Waals surface area contributed by atoms with Crippen LogP contribution in [0, 0.1) is 0 Å². The predicted molar refractivity (Wildman–Crippen MR) is 101 cm³/mol. The van der Waals surface area contributed by atoms with Crippen LogP contribution in [0.3, 0.4) is 0 Å². The Bertz CT molecular complexity index is 929. The van der Waals surface area contributed by atoms with Crippen molar-refractivity contribution in [3.63, 3.8) is 0 Å². The molecule has 2 aromatic rings. The Balaban J connectivity index is 2.16. The highest BCUT2D eigenvalue weighted by atomic mass is 32.2. The second-order valence-corrected chi connectivity index (χ2v) is 7.52. The molecule has 0 aromatic heterocycles. The molecule has 1 atom stereocenters. The summed E-state index contributed by atoms with van der Waals surface area (Å²) in [5.41, 5.74) is 9.10. The van der Waals surface area contributed by atoms with E-state index < -0.39 is 27.9 Å². The molecular weight excluding hydrogens is 372 g/mol. The van der Waals surface area contributed by atoms with E-state index in [1.807, 2.05) is 0 Å². The number of benzene rings is 2. The highest BCUT2D eigenvalue weighted by molar-refractivity contribution is 7.92. The molecular formula is C17H20N4O5S. The molecule has 0 aliphatic heterocycles. The molecule has 0 aliphatic rings. The zero-order chi connectivity index (χ0) is 20.0. The van der Waals surface area contributed by atoms with Gasteiger partial charge < -0.3 is 11.1 Å². The lowest BCUT2D eigenvalue weighted by Crippen LogP contribution is -2.50. The van der Waals surface area contributed by atoms with Crippen LogP contribution in [0.1, 0.15) is 10.4 Å². The molecule has 144 valence electrons. The SMILES string of the molecule is CS(=O)(=O)Nc1cccc(-c2ccc(C(=O)N[C@@H](CN)C(=O)NO)cc2)c1. The molecule has 2 amide bonds. The fourth-order valence-corrected chi connectivity index (χ4v) is 2.90. The first-order chi connectivity index (χ1) is 12.7. The van der Waals surface area contributed by atoms with Crippen LogP contribution in [0.5, 0.6) is 0 Å². The molecule has 0 spiro atoms. The molecule has 27 heavy (non-hydrogen) atoms. The van der Waals surface area contributed by atoms with Crippen LogP contribution in [0.4, 0.5) is 5.69 Å². The van der Waals surface area contributed by atoms with E-state index >= 15 is 0 Å². The molecule has 10 heteroatoms. The fraction of sp³-hybridized carbons (Fsp3) is 0.176. The molecule has 0 aliphatic carbocycles. The quantitative estimate of drug-likeness (QED) is 0.337. The highest BCUT2D eigenvalue weighted by Gasteiger charge is 2.19. The van der Waals surface area contributed by atoms with Crippen LogP contribution >= 0.6 is 0 Å². The van der Waals surface area contributed by atoms with E-state index in [9.17, 15) is 18.0 Å². The molecule has 0 bridgehead atoms. The van der Waals surface area contributed by atoms with Crippen molar-refractivity contribution < 1.29 is 23.2 Å². The number of carbonyl (C=O) groups is 2. The smallest absolute Gasteiger partial charge is 0.267 e. The van der Waals surface area contributed by atoms with Crippen molar-refractivity contribution >= 4 is 27.5 Å². The van der Waals surface area contributed by atoms with E-state index in [2.05, 4.69) is 10.0 Å². The fourth-order valence-electron chi connectivity index (χ4n) is 2.34. The van der Waals surface area contributed by atoms with Gasteiger partial charge in [0.05, 0.1) is 6.26 Å². The van der Waals surface area contributed by atoms with E-state index in [-0.39, 0.29) is 6.54 Å². The molecule has 0 fully saturated rings. The highest BCUT2D eigenvalue weighted by Crippen LogP contribution is 2.23. The van der Waals surface area contributed by atoms with E-state index in [4.69, 9.17) is 10.9 Å². The van der Waals surface area contributed by atoms with E-state index in [1.54, 1.807) is 48.5 Å². The third kappa shape index (κ3) is 5.78. The van der Waals surface area contributed by atoms with Gasteiger partial charge >= 0.3 is 0 Å². The van der Waals surface area contributed by atoms with Gasteiger partial charge in [-0.05, 0) is 35.4 Å². The van der Waals surface area contributed by atoms with Crippen molar-refractivity contribution in [2.75, 3.05) is 17.5 Å². The summed E-state index contributed by atoms with van der Waals surface area (Å²) in [4.78, 5) is 23.6. The average Bonchev–Trinajstić information content (AvgIpc) is 2.64. The van der Waals surface area contributed by atoms with Gasteiger partial charge in [-0.2, -0.15) is 0 Å². The minimum atomic E-state index is -3.38. The molecule has 0 saturated carbocycles. The van der Waals surface area contributed by atoms with Crippen molar-refractivity contribution in [2.45, 2.75) is 6.04 Å². The molecule has 0 unspecified atom stereocenters. The topological polar surface area (TPSA) is 151 Å². The van der Waals surface area contributed by atoms with Gasteiger partial charge in [-0.1, -0.05) is 24.3 Å². The van der Waals surface area contributed by atoms with Crippen molar-refractivity contribution in [3.8, 4) is 11.1 Å². The van der Waals surface area contributed by atoms with Crippen molar-refractivity contribution in [1.82, 2.24) is 10.8 Å². The number of anilines is 1. The molecule has 0 radical (unpaired) electrons. The Hall–Kier alpha value is -2.95. The summed E-state index contributed by atoms with van der Waals surface area (Å²) in [6, 6.07) is 12.3. The van der Waals surface area contributed by atoms with Gasteiger partial charge in [0, 0.05) is 17.8 Å². The Morgan fingerprint density at radius 2 is 1.78 bits per heavy atom. The lowest BCUT2D eigenvalue weighted by molar-refractivity contribution is -0.130. The first kappa shape index (κ1) is 20.4. The zero-order valence-corrected chi connectivity index (χ0v) is 15.3. The Kier molecular flexibility index (Phi) is 6.50. The second-order valence-electron chi connectivity index (χ2n) is 5.77. The monoisotopic (exact) mass is 392 g/mol.